The summed E-state index contributed by atoms with van der Waals surface area (Å²) in [6, 6.07) is 9.64. The number of rotatable bonds is 4. The smallest absolute Gasteiger partial charge is 0.256 e. The van der Waals surface area contributed by atoms with Gasteiger partial charge in [-0.15, -0.1) is 0 Å². The molecule has 1 heterocycles. The van der Waals surface area contributed by atoms with Crippen LogP contribution in [0.4, 0.5) is 14.6 Å². The molecular weight excluding hydrogens is 348 g/mol. The summed E-state index contributed by atoms with van der Waals surface area (Å²) in [5.74, 6) is -0.999. The highest BCUT2D eigenvalue weighted by Crippen LogP contribution is 2.19. The van der Waals surface area contributed by atoms with Crippen molar-refractivity contribution in [3.63, 3.8) is 0 Å². The summed E-state index contributed by atoms with van der Waals surface area (Å²) in [4.78, 5) is 12.4. The second kappa shape index (κ2) is 7.03. The van der Waals surface area contributed by atoms with Gasteiger partial charge in [0.15, 0.2) is 0 Å². The number of halogens is 3. The van der Waals surface area contributed by atoms with Crippen LogP contribution in [0.5, 0.6) is 0 Å². The highest BCUT2D eigenvalue weighted by atomic mass is 35.5. The van der Waals surface area contributed by atoms with Gasteiger partial charge in [-0.2, -0.15) is 5.10 Å². The molecule has 3 aromatic rings. The molecule has 7 heteroatoms. The predicted molar refractivity (Wildman–Crippen MR) is 91.8 cm³/mol. The largest absolute Gasteiger partial charge is 0.307 e. The van der Waals surface area contributed by atoms with Crippen LogP contribution in [0, 0.1) is 18.6 Å². The van der Waals surface area contributed by atoms with Crippen LogP contribution in [0.2, 0.25) is 5.02 Å². The van der Waals surface area contributed by atoms with Crippen molar-refractivity contribution in [3.05, 3.63) is 82.0 Å². The summed E-state index contributed by atoms with van der Waals surface area (Å²) >= 11 is 5.82. The van der Waals surface area contributed by atoms with E-state index in [1.54, 1.807) is 37.4 Å². The number of aryl methyl sites for hydroxylation is 1. The number of benzene rings is 2. The Morgan fingerprint density at radius 2 is 1.92 bits per heavy atom. The van der Waals surface area contributed by atoms with Gasteiger partial charge in [-0.25, -0.2) is 13.5 Å². The lowest BCUT2D eigenvalue weighted by Crippen LogP contribution is -2.17. The summed E-state index contributed by atoms with van der Waals surface area (Å²) in [7, 11) is 0. The molecule has 1 aromatic heterocycles. The molecule has 0 aliphatic rings. The van der Waals surface area contributed by atoms with Gasteiger partial charge in [-0.3, -0.25) is 4.79 Å². The van der Waals surface area contributed by atoms with Crippen LogP contribution in [-0.4, -0.2) is 15.7 Å². The first kappa shape index (κ1) is 17.1. The maximum absolute atomic E-state index is 13.9. The predicted octanol–water partition coefficient (Wildman–Crippen LogP) is 4.42. The number of carbonyl (C=O) groups excluding carboxylic acids is 1. The maximum atomic E-state index is 13.9. The summed E-state index contributed by atoms with van der Waals surface area (Å²) in [5, 5.41) is 7.41. The molecule has 0 fully saturated rings. The molecule has 1 amide bonds. The number of anilines is 1. The van der Waals surface area contributed by atoms with Crippen molar-refractivity contribution in [1.29, 1.82) is 0 Å². The van der Waals surface area contributed by atoms with Crippen molar-refractivity contribution in [2.75, 3.05) is 5.32 Å². The average molecular weight is 362 g/mol. The number of amides is 1. The summed E-state index contributed by atoms with van der Waals surface area (Å²) < 4.78 is 28.6. The van der Waals surface area contributed by atoms with Crippen LogP contribution in [0.3, 0.4) is 0 Å². The molecule has 128 valence electrons. The Hall–Kier alpha value is -2.73. The number of nitrogens with one attached hydrogen (secondary N) is 1. The molecule has 0 aliphatic carbocycles. The third kappa shape index (κ3) is 3.85. The fourth-order valence-corrected chi connectivity index (χ4v) is 2.49. The van der Waals surface area contributed by atoms with Crippen molar-refractivity contribution in [2.24, 2.45) is 0 Å². The Bertz CT molecular complexity index is 923. The minimum atomic E-state index is -0.537. The maximum Gasteiger partial charge on any atom is 0.256 e. The minimum absolute atomic E-state index is 0.00629. The van der Waals surface area contributed by atoms with Crippen LogP contribution < -0.4 is 5.32 Å². The fraction of sp³-hybridized carbons (Fsp3) is 0.111. The molecule has 0 aliphatic heterocycles. The number of carbonyl (C=O) groups is 1. The Morgan fingerprint density at radius 1 is 1.20 bits per heavy atom. The van der Waals surface area contributed by atoms with E-state index in [1.165, 1.54) is 4.68 Å². The lowest BCUT2D eigenvalue weighted by atomic mass is 10.2. The summed E-state index contributed by atoms with van der Waals surface area (Å²) in [5.41, 5.74) is 1.28. The fourth-order valence-electron chi connectivity index (χ4n) is 2.37. The van der Waals surface area contributed by atoms with Crippen molar-refractivity contribution in [3.8, 4) is 0 Å². The van der Waals surface area contributed by atoms with Crippen LogP contribution in [0.25, 0.3) is 0 Å². The molecule has 0 spiro atoms. The first-order valence-corrected chi connectivity index (χ1v) is 7.85. The third-order valence-corrected chi connectivity index (χ3v) is 3.94. The zero-order valence-electron chi connectivity index (χ0n) is 13.3. The standard InChI is InChI=1S/C18H14ClF2N3O/c1-11-9-22-24(10-13-8-15(20)6-7-16(13)21)17(11)23-18(25)12-2-4-14(19)5-3-12/h2-9H,10H2,1H3,(H,23,25). The van der Waals surface area contributed by atoms with E-state index in [0.717, 1.165) is 18.2 Å². The Labute approximate surface area is 148 Å². The highest BCUT2D eigenvalue weighted by Gasteiger charge is 2.14. The molecule has 25 heavy (non-hydrogen) atoms. The molecule has 0 bridgehead atoms. The molecular formula is C18H14ClF2N3O. The van der Waals surface area contributed by atoms with Crippen molar-refractivity contribution in [1.82, 2.24) is 9.78 Å². The topological polar surface area (TPSA) is 46.9 Å². The van der Waals surface area contributed by atoms with Gasteiger partial charge in [-0.1, -0.05) is 11.6 Å². The van der Waals surface area contributed by atoms with Crippen molar-refractivity contribution < 1.29 is 13.6 Å². The van der Waals surface area contributed by atoms with E-state index in [0.29, 0.717) is 22.0 Å². The quantitative estimate of drug-likeness (QED) is 0.747. The zero-order chi connectivity index (χ0) is 18.0. The number of hydrogen-bond acceptors (Lipinski definition) is 2. The van der Waals surface area contributed by atoms with E-state index < -0.39 is 11.6 Å². The minimum Gasteiger partial charge on any atom is -0.307 e. The van der Waals surface area contributed by atoms with E-state index in [2.05, 4.69) is 10.4 Å². The van der Waals surface area contributed by atoms with Gasteiger partial charge >= 0.3 is 0 Å². The molecule has 0 saturated carbocycles. The van der Waals surface area contributed by atoms with Gasteiger partial charge < -0.3 is 5.32 Å². The van der Waals surface area contributed by atoms with Crippen LogP contribution in [0.1, 0.15) is 21.5 Å². The van der Waals surface area contributed by atoms with E-state index in [9.17, 15) is 13.6 Å². The zero-order valence-corrected chi connectivity index (χ0v) is 14.0. The molecule has 4 nitrogen and oxygen atoms in total. The van der Waals surface area contributed by atoms with Crippen molar-refractivity contribution >= 4 is 23.3 Å². The van der Waals surface area contributed by atoms with E-state index >= 15 is 0 Å². The summed E-state index contributed by atoms with van der Waals surface area (Å²) in [6.07, 6.45) is 1.55. The van der Waals surface area contributed by atoms with E-state index in [4.69, 9.17) is 11.6 Å². The molecule has 0 atom stereocenters. The number of hydrogen-bond donors (Lipinski definition) is 1. The van der Waals surface area contributed by atoms with Crippen LogP contribution >= 0.6 is 11.6 Å². The number of aromatic nitrogens is 2. The molecule has 3 rings (SSSR count). The van der Waals surface area contributed by atoms with Gasteiger partial charge in [0.1, 0.15) is 17.5 Å². The SMILES string of the molecule is Cc1cnn(Cc2cc(F)ccc2F)c1NC(=O)c1ccc(Cl)cc1. The lowest BCUT2D eigenvalue weighted by Gasteiger charge is -2.11. The molecule has 0 unspecified atom stereocenters. The number of nitrogens with zero attached hydrogens (tertiary/aromatic N) is 2. The van der Waals surface area contributed by atoms with Crippen LogP contribution in [0.15, 0.2) is 48.7 Å². The van der Waals surface area contributed by atoms with Crippen molar-refractivity contribution in [2.45, 2.75) is 13.5 Å². The second-order valence-corrected chi connectivity index (χ2v) is 5.97. The molecule has 2 aromatic carbocycles. The summed E-state index contributed by atoms with van der Waals surface area (Å²) in [6.45, 7) is 1.76. The average Bonchev–Trinajstić information content (AvgIpc) is 2.92. The van der Waals surface area contributed by atoms with Gasteiger partial charge in [0.05, 0.1) is 12.7 Å². The Balaban J connectivity index is 1.85. The first-order chi connectivity index (χ1) is 11.9. The molecule has 0 radical (unpaired) electrons. The molecule has 1 N–H and O–H groups in total. The first-order valence-electron chi connectivity index (χ1n) is 7.47. The Morgan fingerprint density at radius 3 is 2.64 bits per heavy atom. The second-order valence-electron chi connectivity index (χ2n) is 5.53. The van der Waals surface area contributed by atoms with Crippen LogP contribution in [-0.2, 0) is 6.54 Å². The lowest BCUT2D eigenvalue weighted by molar-refractivity contribution is 0.102. The van der Waals surface area contributed by atoms with Gasteiger partial charge in [0, 0.05) is 21.7 Å². The third-order valence-electron chi connectivity index (χ3n) is 3.69. The normalized spacial score (nSPS) is 10.7. The van der Waals surface area contributed by atoms with Gasteiger partial charge in [0.2, 0.25) is 0 Å². The van der Waals surface area contributed by atoms with Gasteiger partial charge in [-0.05, 0) is 49.4 Å². The monoisotopic (exact) mass is 361 g/mol. The van der Waals surface area contributed by atoms with E-state index in [-0.39, 0.29) is 18.0 Å². The van der Waals surface area contributed by atoms with Gasteiger partial charge in [0.25, 0.3) is 5.91 Å². The molecule has 0 saturated heterocycles. The van der Waals surface area contributed by atoms with E-state index in [1.807, 2.05) is 0 Å². The highest BCUT2D eigenvalue weighted by molar-refractivity contribution is 6.30. The Kier molecular flexibility index (Phi) is 4.81.